The van der Waals surface area contributed by atoms with E-state index in [-0.39, 0.29) is 5.91 Å². The second kappa shape index (κ2) is 8.69. The number of aromatic nitrogens is 2. The summed E-state index contributed by atoms with van der Waals surface area (Å²) in [6.45, 7) is 2.15. The monoisotopic (exact) mass is 431 g/mol. The van der Waals surface area contributed by atoms with E-state index >= 15 is 0 Å². The van der Waals surface area contributed by atoms with Crippen molar-refractivity contribution in [3.05, 3.63) is 65.0 Å². The molecular weight excluding hydrogens is 402 g/mol. The van der Waals surface area contributed by atoms with Gasteiger partial charge in [-0.1, -0.05) is 36.8 Å². The minimum absolute atomic E-state index is 0.0262. The van der Waals surface area contributed by atoms with Crippen molar-refractivity contribution in [2.24, 2.45) is 0 Å². The highest BCUT2D eigenvalue weighted by Gasteiger charge is 2.30. The van der Waals surface area contributed by atoms with Crippen LogP contribution in [0.2, 0.25) is 0 Å². The van der Waals surface area contributed by atoms with Crippen molar-refractivity contribution in [2.75, 3.05) is 20.8 Å². The van der Waals surface area contributed by atoms with Crippen molar-refractivity contribution < 1.29 is 14.3 Å². The first kappa shape index (κ1) is 20.6. The number of hydrogen-bond donors (Lipinski definition) is 0. The lowest BCUT2D eigenvalue weighted by Crippen LogP contribution is -2.36. The fourth-order valence-electron chi connectivity index (χ4n) is 4.90. The lowest BCUT2D eigenvalue weighted by molar-refractivity contribution is 0.0727. The predicted molar refractivity (Wildman–Crippen MR) is 123 cm³/mol. The fraction of sp³-hybridized carbons (Fsp3) is 0.385. The van der Waals surface area contributed by atoms with Gasteiger partial charge in [0.15, 0.2) is 11.5 Å². The van der Waals surface area contributed by atoms with Crippen molar-refractivity contribution in [1.82, 2.24) is 14.5 Å². The van der Waals surface area contributed by atoms with Crippen LogP contribution in [0.15, 0.2) is 42.5 Å². The number of carbonyl (C=O) groups excluding carboxylic acids is 1. The summed E-state index contributed by atoms with van der Waals surface area (Å²) in [5.74, 6) is 2.37. The lowest BCUT2D eigenvalue weighted by atomic mass is 9.98. The van der Waals surface area contributed by atoms with Gasteiger partial charge in [0.1, 0.15) is 11.5 Å². The summed E-state index contributed by atoms with van der Waals surface area (Å²) in [7, 11) is 3.29. The van der Waals surface area contributed by atoms with Crippen LogP contribution in [0.1, 0.15) is 46.6 Å². The van der Waals surface area contributed by atoms with Crippen LogP contribution >= 0.6 is 0 Å². The Balaban J connectivity index is 1.49. The van der Waals surface area contributed by atoms with Crippen molar-refractivity contribution >= 4 is 5.91 Å². The van der Waals surface area contributed by atoms with Crippen molar-refractivity contribution in [3.8, 4) is 22.9 Å². The molecule has 1 amide bonds. The highest BCUT2D eigenvalue weighted by molar-refractivity contribution is 5.94. The van der Waals surface area contributed by atoms with Gasteiger partial charge in [0, 0.05) is 25.2 Å². The van der Waals surface area contributed by atoms with E-state index in [4.69, 9.17) is 14.5 Å². The number of methoxy groups -OCH3 is 2. The van der Waals surface area contributed by atoms with Crippen LogP contribution in [0.4, 0.5) is 0 Å². The van der Waals surface area contributed by atoms with Gasteiger partial charge in [-0.2, -0.15) is 0 Å². The Morgan fingerprint density at radius 3 is 2.41 bits per heavy atom. The standard InChI is InChI=1S/C26H29N3O3/c1-31-22-15-19-12-14-28(17-20(19)16-23(22)32-2)26(30)24-21-11-7-4-8-13-29(21)25(27-24)18-9-5-3-6-10-18/h3,5-6,9-10,15-16H,4,7-8,11-14,17H2,1-2H3. The molecule has 32 heavy (non-hydrogen) atoms. The molecule has 2 aromatic carbocycles. The van der Waals surface area contributed by atoms with Crippen LogP contribution in [-0.2, 0) is 25.9 Å². The second-order valence-electron chi connectivity index (χ2n) is 8.51. The largest absolute Gasteiger partial charge is 0.493 e. The van der Waals surface area contributed by atoms with Gasteiger partial charge in [0.25, 0.3) is 5.91 Å². The molecule has 0 fully saturated rings. The summed E-state index contributed by atoms with van der Waals surface area (Å²) in [5.41, 5.74) is 5.09. The van der Waals surface area contributed by atoms with E-state index in [0.717, 1.165) is 60.6 Å². The Hall–Kier alpha value is -3.28. The topological polar surface area (TPSA) is 56.6 Å². The number of benzene rings is 2. The van der Waals surface area contributed by atoms with Crippen molar-refractivity contribution in [2.45, 2.75) is 45.2 Å². The Morgan fingerprint density at radius 1 is 0.906 bits per heavy atom. The van der Waals surface area contributed by atoms with Gasteiger partial charge in [0.2, 0.25) is 0 Å². The molecule has 0 radical (unpaired) electrons. The fourth-order valence-corrected chi connectivity index (χ4v) is 4.90. The van der Waals surface area contributed by atoms with E-state index in [0.29, 0.717) is 24.5 Å². The average molecular weight is 432 g/mol. The molecular formula is C26H29N3O3. The molecule has 3 heterocycles. The quantitative estimate of drug-likeness (QED) is 0.611. The Morgan fingerprint density at radius 2 is 1.66 bits per heavy atom. The van der Waals surface area contributed by atoms with Crippen LogP contribution in [0.25, 0.3) is 11.4 Å². The molecule has 0 atom stereocenters. The number of imidazole rings is 1. The van der Waals surface area contributed by atoms with E-state index in [1.54, 1.807) is 14.2 Å². The molecule has 0 saturated heterocycles. The minimum Gasteiger partial charge on any atom is -0.493 e. The van der Waals surface area contributed by atoms with Crippen LogP contribution in [0, 0.1) is 0 Å². The molecule has 0 unspecified atom stereocenters. The maximum Gasteiger partial charge on any atom is 0.274 e. The minimum atomic E-state index is 0.0262. The number of rotatable bonds is 4. The zero-order chi connectivity index (χ0) is 22.1. The molecule has 0 N–H and O–H groups in total. The predicted octanol–water partition coefficient (Wildman–Crippen LogP) is 4.49. The normalized spacial score (nSPS) is 15.5. The van der Waals surface area contributed by atoms with Gasteiger partial charge in [0.05, 0.1) is 19.9 Å². The maximum atomic E-state index is 13.7. The first-order valence-electron chi connectivity index (χ1n) is 11.4. The van der Waals surface area contributed by atoms with E-state index < -0.39 is 0 Å². The molecule has 0 saturated carbocycles. The first-order chi connectivity index (χ1) is 15.7. The summed E-state index contributed by atoms with van der Waals surface area (Å²) in [5, 5.41) is 0. The Labute approximate surface area is 188 Å². The Kier molecular flexibility index (Phi) is 5.60. The third-order valence-corrected chi connectivity index (χ3v) is 6.61. The maximum absolute atomic E-state index is 13.7. The number of nitrogens with zero attached hydrogens (tertiary/aromatic N) is 3. The summed E-state index contributed by atoms with van der Waals surface area (Å²) < 4.78 is 13.2. The SMILES string of the molecule is COc1cc2c(cc1OC)CN(C(=O)c1nc(-c3ccccc3)n3c1CCCCC3)CC2. The Bertz CT molecular complexity index is 1140. The van der Waals surface area contributed by atoms with E-state index in [2.05, 4.69) is 16.7 Å². The highest BCUT2D eigenvalue weighted by atomic mass is 16.5. The van der Waals surface area contributed by atoms with Gasteiger partial charge < -0.3 is 18.9 Å². The molecule has 2 aliphatic heterocycles. The number of fused-ring (bicyclic) bond motifs is 2. The van der Waals surface area contributed by atoms with Gasteiger partial charge in [-0.15, -0.1) is 0 Å². The molecule has 0 aliphatic carbocycles. The van der Waals surface area contributed by atoms with E-state index in [9.17, 15) is 4.79 Å². The molecule has 2 aliphatic rings. The molecule has 6 heteroatoms. The zero-order valence-electron chi connectivity index (χ0n) is 18.8. The van der Waals surface area contributed by atoms with Crippen LogP contribution in [0.3, 0.4) is 0 Å². The number of ether oxygens (including phenoxy) is 2. The van der Waals surface area contributed by atoms with Gasteiger partial charge in [-0.25, -0.2) is 4.98 Å². The molecule has 166 valence electrons. The summed E-state index contributed by atoms with van der Waals surface area (Å²) in [4.78, 5) is 20.6. The second-order valence-corrected chi connectivity index (χ2v) is 8.51. The number of carbonyl (C=O) groups is 1. The lowest BCUT2D eigenvalue weighted by Gasteiger charge is -2.29. The first-order valence-corrected chi connectivity index (χ1v) is 11.4. The van der Waals surface area contributed by atoms with Gasteiger partial charge >= 0.3 is 0 Å². The smallest absolute Gasteiger partial charge is 0.274 e. The third kappa shape index (κ3) is 3.64. The van der Waals surface area contributed by atoms with E-state index in [1.165, 1.54) is 12.0 Å². The molecule has 0 bridgehead atoms. The van der Waals surface area contributed by atoms with Gasteiger partial charge in [-0.05, 0) is 48.9 Å². The molecule has 0 spiro atoms. The highest BCUT2D eigenvalue weighted by Crippen LogP contribution is 2.34. The van der Waals surface area contributed by atoms with Crippen molar-refractivity contribution in [3.63, 3.8) is 0 Å². The number of hydrogen-bond acceptors (Lipinski definition) is 4. The molecule has 5 rings (SSSR count). The average Bonchev–Trinajstić information content (AvgIpc) is 3.03. The molecule has 1 aromatic heterocycles. The summed E-state index contributed by atoms with van der Waals surface area (Å²) >= 11 is 0. The van der Waals surface area contributed by atoms with Crippen LogP contribution in [0.5, 0.6) is 11.5 Å². The van der Waals surface area contributed by atoms with E-state index in [1.807, 2.05) is 35.2 Å². The zero-order valence-corrected chi connectivity index (χ0v) is 18.8. The van der Waals surface area contributed by atoms with Crippen molar-refractivity contribution in [1.29, 1.82) is 0 Å². The van der Waals surface area contributed by atoms with Crippen LogP contribution in [-0.4, -0.2) is 41.1 Å². The summed E-state index contributed by atoms with van der Waals surface area (Å²) in [6, 6.07) is 14.2. The molecule has 6 nitrogen and oxygen atoms in total. The van der Waals surface area contributed by atoms with Crippen LogP contribution < -0.4 is 9.47 Å². The van der Waals surface area contributed by atoms with Gasteiger partial charge in [-0.3, -0.25) is 4.79 Å². The summed E-state index contributed by atoms with van der Waals surface area (Å²) in [6.07, 6.45) is 5.09. The molecule has 3 aromatic rings. The third-order valence-electron chi connectivity index (χ3n) is 6.61. The number of amides is 1.